The van der Waals surface area contributed by atoms with Crippen molar-refractivity contribution < 1.29 is 14.3 Å². The number of carbonyl (C=O) groups is 2. The first kappa shape index (κ1) is 22.5. The standard InChI is InChI=1S/C26H28N4O3/c31-25(22-9-5-2-6-10-22)29-23(17-20-7-3-1-4-8-20)26(32)28-19-21-11-12-27-24(18-21)30-13-15-33-16-14-30/h1-12,18,23H,13-17,19H2,(H,28,32)(H,29,31). The first-order valence-electron chi connectivity index (χ1n) is 11.1. The predicted octanol–water partition coefficient (Wildman–Crippen LogP) is 2.58. The molecule has 170 valence electrons. The summed E-state index contributed by atoms with van der Waals surface area (Å²) in [5.41, 5.74) is 2.45. The maximum absolute atomic E-state index is 13.1. The highest BCUT2D eigenvalue weighted by molar-refractivity contribution is 5.97. The van der Waals surface area contributed by atoms with Crippen LogP contribution in [0.2, 0.25) is 0 Å². The van der Waals surface area contributed by atoms with Gasteiger partial charge in [0.25, 0.3) is 5.91 Å². The maximum atomic E-state index is 13.1. The predicted molar refractivity (Wildman–Crippen MR) is 127 cm³/mol. The third-order valence-corrected chi connectivity index (χ3v) is 5.55. The summed E-state index contributed by atoms with van der Waals surface area (Å²) in [6, 6.07) is 21.8. The number of benzene rings is 2. The molecule has 2 aromatic carbocycles. The van der Waals surface area contributed by atoms with E-state index >= 15 is 0 Å². The average Bonchev–Trinajstić information content (AvgIpc) is 2.88. The summed E-state index contributed by atoms with van der Waals surface area (Å²) in [5.74, 6) is 0.376. The molecule has 1 aliphatic rings. The Hall–Kier alpha value is -3.71. The van der Waals surface area contributed by atoms with Crippen molar-refractivity contribution in [1.29, 1.82) is 0 Å². The van der Waals surface area contributed by atoms with Crippen LogP contribution < -0.4 is 15.5 Å². The Morgan fingerprint density at radius 2 is 1.64 bits per heavy atom. The molecule has 1 atom stereocenters. The Bertz CT molecular complexity index is 1050. The highest BCUT2D eigenvalue weighted by Crippen LogP contribution is 2.14. The zero-order valence-electron chi connectivity index (χ0n) is 18.4. The van der Waals surface area contributed by atoms with Gasteiger partial charge in [-0.25, -0.2) is 4.98 Å². The van der Waals surface area contributed by atoms with Crippen LogP contribution in [0.25, 0.3) is 0 Å². The molecule has 0 aliphatic carbocycles. The fourth-order valence-electron chi connectivity index (χ4n) is 3.74. The molecule has 7 heteroatoms. The minimum atomic E-state index is -0.694. The van der Waals surface area contributed by atoms with Crippen LogP contribution in [0.1, 0.15) is 21.5 Å². The summed E-state index contributed by atoms with van der Waals surface area (Å²) >= 11 is 0. The molecule has 0 radical (unpaired) electrons. The number of hydrogen-bond donors (Lipinski definition) is 2. The van der Waals surface area contributed by atoms with E-state index in [4.69, 9.17) is 4.74 Å². The Kier molecular flexibility index (Phi) is 7.66. The Morgan fingerprint density at radius 3 is 2.36 bits per heavy atom. The lowest BCUT2D eigenvalue weighted by atomic mass is 10.0. The van der Waals surface area contributed by atoms with Gasteiger partial charge in [0.1, 0.15) is 11.9 Å². The van der Waals surface area contributed by atoms with Gasteiger partial charge in [-0.1, -0.05) is 48.5 Å². The molecular weight excluding hydrogens is 416 g/mol. The molecule has 1 aliphatic heterocycles. The molecule has 0 spiro atoms. The Balaban J connectivity index is 1.43. The molecule has 1 aromatic heterocycles. The zero-order valence-corrected chi connectivity index (χ0v) is 18.4. The van der Waals surface area contributed by atoms with Crippen LogP contribution in [0.4, 0.5) is 5.82 Å². The Labute approximate surface area is 193 Å². The molecule has 3 aromatic rings. The molecule has 33 heavy (non-hydrogen) atoms. The van der Waals surface area contributed by atoms with Gasteiger partial charge in [-0.2, -0.15) is 0 Å². The van der Waals surface area contributed by atoms with Gasteiger partial charge >= 0.3 is 0 Å². The van der Waals surface area contributed by atoms with Crippen LogP contribution in [0.15, 0.2) is 79.0 Å². The number of ether oxygens (including phenoxy) is 1. The van der Waals surface area contributed by atoms with E-state index in [0.717, 1.165) is 30.0 Å². The fourth-order valence-corrected chi connectivity index (χ4v) is 3.74. The van der Waals surface area contributed by atoms with E-state index in [2.05, 4.69) is 20.5 Å². The van der Waals surface area contributed by atoms with Crippen LogP contribution in [0.5, 0.6) is 0 Å². The third-order valence-electron chi connectivity index (χ3n) is 5.55. The summed E-state index contributed by atoms with van der Waals surface area (Å²) in [6.07, 6.45) is 2.16. The quantitative estimate of drug-likeness (QED) is 0.558. The summed E-state index contributed by atoms with van der Waals surface area (Å²) in [4.78, 5) is 32.5. The number of pyridine rings is 1. The van der Waals surface area contributed by atoms with Gasteiger partial charge in [-0.05, 0) is 35.4 Å². The molecule has 2 heterocycles. The van der Waals surface area contributed by atoms with Crippen molar-refractivity contribution in [3.05, 3.63) is 95.7 Å². The number of nitrogens with zero attached hydrogens (tertiary/aromatic N) is 2. The van der Waals surface area contributed by atoms with E-state index in [1.54, 1.807) is 30.5 Å². The van der Waals surface area contributed by atoms with Gasteiger partial charge < -0.3 is 20.3 Å². The van der Waals surface area contributed by atoms with Crippen LogP contribution in [-0.2, 0) is 22.5 Å². The van der Waals surface area contributed by atoms with Crippen LogP contribution in [0.3, 0.4) is 0 Å². The Morgan fingerprint density at radius 1 is 0.939 bits per heavy atom. The van der Waals surface area contributed by atoms with E-state index in [1.807, 2.05) is 48.5 Å². The number of nitrogens with one attached hydrogen (secondary N) is 2. The molecule has 1 saturated heterocycles. The van der Waals surface area contributed by atoms with Gasteiger partial charge in [-0.15, -0.1) is 0 Å². The van der Waals surface area contributed by atoms with Crippen molar-refractivity contribution in [3.63, 3.8) is 0 Å². The second-order valence-corrected chi connectivity index (χ2v) is 7.92. The first-order chi connectivity index (χ1) is 16.2. The highest BCUT2D eigenvalue weighted by Gasteiger charge is 2.22. The fraction of sp³-hybridized carbons (Fsp3) is 0.269. The van der Waals surface area contributed by atoms with Crippen molar-refractivity contribution in [2.75, 3.05) is 31.2 Å². The molecule has 2 amide bonds. The minimum absolute atomic E-state index is 0.229. The number of rotatable bonds is 8. The van der Waals surface area contributed by atoms with E-state index < -0.39 is 6.04 Å². The van der Waals surface area contributed by atoms with Crippen LogP contribution in [-0.4, -0.2) is 49.1 Å². The van der Waals surface area contributed by atoms with Crippen molar-refractivity contribution in [1.82, 2.24) is 15.6 Å². The molecule has 0 bridgehead atoms. The lowest BCUT2D eigenvalue weighted by Crippen LogP contribution is -2.47. The van der Waals surface area contributed by atoms with Crippen molar-refractivity contribution in [2.24, 2.45) is 0 Å². The lowest BCUT2D eigenvalue weighted by molar-refractivity contribution is -0.123. The van der Waals surface area contributed by atoms with Crippen molar-refractivity contribution in [3.8, 4) is 0 Å². The third kappa shape index (κ3) is 6.40. The first-order valence-corrected chi connectivity index (χ1v) is 11.1. The van der Waals surface area contributed by atoms with Crippen LogP contribution in [0, 0.1) is 0 Å². The van der Waals surface area contributed by atoms with Gasteiger partial charge in [0.05, 0.1) is 13.2 Å². The minimum Gasteiger partial charge on any atom is -0.378 e. The number of carbonyl (C=O) groups excluding carboxylic acids is 2. The summed E-state index contributed by atoms with van der Waals surface area (Å²) in [7, 11) is 0. The lowest BCUT2D eigenvalue weighted by Gasteiger charge is -2.28. The van der Waals surface area contributed by atoms with Gasteiger partial charge in [0, 0.05) is 37.8 Å². The monoisotopic (exact) mass is 444 g/mol. The number of anilines is 1. The second kappa shape index (κ2) is 11.2. The van der Waals surface area contributed by atoms with E-state index in [0.29, 0.717) is 31.7 Å². The van der Waals surface area contributed by atoms with Gasteiger partial charge in [0.15, 0.2) is 0 Å². The van der Waals surface area contributed by atoms with E-state index in [9.17, 15) is 9.59 Å². The van der Waals surface area contributed by atoms with Gasteiger partial charge in [-0.3, -0.25) is 9.59 Å². The SMILES string of the molecule is O=C(NC(Cc1ccccc1)C(=O)NCc1ccnc(N2CCOCC2)c1)c1ccccc1. The largest absolute Gasteiger partial charge is 0.378 e. The van der Waals surface area contributed by atoms with E-state index in [1.165, 1.54) is 0 Å². The highest BCUT2D eigenvalue weighted by atomic mass is 16.5. The molecule has 4 rings (SSSR count). The van der Waals surface area contributed by atoms with Crippen molar-refractivity contribution >= 4 is 17.6 Å². The zero-order chi connectivity index (χ0) is 22.9. The smallest absolute Gasteiger partial charge is 0.251 e. The molecular formula is C26H28N4O3. The molecule has 2 N–H and O–H groups in total. The molecule has 0 saturated carbocycles. The summed E-state index contributed by atoms with van der Waals surface area (Å²) in [5, 5.41) is 5.88. The number of aromatic nitrogens is 1. The van der Waals surface area contributed by atoms with Gasteiger partial charge in [0.2, 0.25) is 5.91 Å². The molecule has 1 fully saturated rings. The summed E-state index contributed by atoms with van der Waals surface area (Å²) in [6.45, 7) is 3.32. The topological polar surface area (TPSA) is 83.6 Å². The number of hydrogen-bond acceptors (Lipinski definition) is 5. The normalized spacial score (nSPS) is 14.4. The maximum Gasteiger partial charge on any atom is 0.251 e. The van der Waals surface area contributed by atoms with E-state index in [-0.39, 0.29) is 11.8 Å². The van der Waals surface area contributed by atoms with Crippen molar-refractivity contribution in [2.45, 2.75) is 19.0 Å². The average molecular weight is 445 g/mol. The van der Waals surface area contributed by atoms with Crippen LogP contribution >= 0.6 is 0 Å². The molecule has 7 nitrogen and oxygen atoms in total. The number of amides is 2. The number of morpholine rings is 1. The second-order valence-electron chi connectivity index (χ2n) is 7.92. The summed E-state index contributed by atoms with van der Waals surface area (Å²) < 4.78 is 5.41. The molecule has 1 unspecified atom stereocenters.